The van der Waals surface area contributed by atoms with Crippen molar-refractivity contribution >= 4 is 54.3 Å². The summed E-state index contributed by atoms with van der Waals surface area (Å²) in [5, 5.41) is 3.26. The van der Waals surface area contributed by atoms with Crippen molar-refractivity contribution < 1.29 is 0 Å². The van der Waals surface area contributed by atoms with Crippen LogP contribution in [0.5, 0.6) is 0 Å². The van der Waals surface area contributed by atoms with Crippen molar-refractivity contribution in [1.29, 1.82) is 0 Å². The summed E-state index contributed by atoms with van der Waals surface area (Å²) in [7, 11) is 0. The van der Waals surface area contributed by atoms with Crippen LogP contribution in [0.1, 0.15) is 55.4 Å². The molecule has 0 spiro atoms. The van der Waals surface area contributed by atoms with Crippen LogP contribution in [0.3, 0.4) is 0 Å². The summed E-state index contributed by atoms with van der Waals surface area (Å²) in [6.45, 7) is 15.7. The summed E-state index contributed by atoms with van der Waals surface area (Å²) < 4.78 is 0. The van der Waals surface area contributed by atoms with Gasteiger partial charge >= 0.3 is 0 Å². The Kier molecular flexibility index (Phi) is 7.20. The van der Waals surface area contributed by atoms with Gasteiger partial charge in [0.25, 0.3) is 0 Å². The van der Waals surface area contributed by atoms with E-state index in [1.54, 1.807) is 10.4 Å². The first-order valence-electron chi connectivity index (χ1n) is 8.48. The third-order valence-corrected chi connectivity index (χ3v) is 28.2. The van der Waals surface area contributed by atoms with Gasteiger partial charge in [0.05, 0.1) is 0 Å². The van der Waals surface area contributed by atoms with E-state index in [2.05, 4.69) is 110 Å². The zero-order chi connectivity index (χ0) is 17.3. The second-order valence-electron chi connectivity index (χ2n) is 7.70. The molecule has 1 rings (SSSR count). The molecule has 0 fully saturated rings. The molecule has 1 aromatic carbocycles. The van der Waals surface area contributed by atoms with Crippen molar-refractivity contribution in [3.05, 3.63) is 24.3 Å². The summed E-state index contributed by atoms with van der Waals surface area (Å²) in [4.78, 5) is 0. The smallest absolute Gasteiger partial charge is 0.120 e. The van der Waals surface area contributed by atoms with Crippen LogP contribution in [-0.2, 0) is 0 Å². The molecular weight excluding hydrogens is 432 g/mol. The maximum absolute atomic E-state index is 4.30. The Bertz CT molecular complexity index is 435. The third-order valence-electron chi connectivity index (χ3n) is 5.11. The minimum Gasteiger partial charge on any atom is -0.120 e. The fourth-order valence-corrected chi connectivity index (χ4v) is 15.0. The third kappa shape index (κ3) is 3.50. The van der Waals surface area contributed by atoms with Crippen LogP contribution < -0.4 is 10.4 Å². The maximum atomic E-state index is 4.30. The monoisotopic (exact) mass is 462 g/mol. The number of rotatable bonds is 6. The van der Waals surface area contributed by atoms with E-state index in [-0.39, 0.29) is 0 Å². The van der Waals surface area contributed by atoms with Crippen LogP contribution >= 0.6 is 30.6 Å². The van der Waals surface area contributed by atoms with Crippen LogP contribution in [0.25, 0.3) is 0 Å². The summed E-state index contributed by atoms with van der Waals surface area (Å²) in [5.74, 6) is 0. The van der Waals surface area contributed by atoms with Gasteiger partial charge in [0.1, 0.15) is 0 Å². The Morgan fingerprint density at radius 3 is 1.00 bits per heavy atom. The van der Waals surface area contributed by atoms with Crippen LogP contribution in [0.2, 0.25) is 22.2 Å². The molecule has 0 heterocycles. The second kappa shape index (κ2) is 7.67. The molecule has 0 aliphatic rings. The standard InChI is InChI=1S/C18H32Br2Si2/c1-13(2)21(19,14(3)4)17-11-9-10-12-18(17)22(20,15(5)6)16(7)8/h9-16H,1-8H3. The van der Waals surface area contributed by atoms with Gasteiger partial charge in [-0.3, -0.25) is 0 Å². The van der Waals surface area contributed by atoms with Gasteiger partial charge < -0.3 is 0 Å². The number of hydrogen-bond donors (Lipinski definition) is 0. The molecule has 0 amide bonds. The highest BCUT2D eigenvalue weighted by molar-refractivity contribution is 9.27. The summed E-state index contributed by atoms with van der Waals surface area (Å²) >= 11 is 8.61. The van der Waals surface area contributed by atoms with Crippen LogP contribution in [0.15, 0.2) is 24.3 Å². The van der Waals surface area contributed by atoms with Crippen molar-refractivity contribution in [1.82, 2.24) is 0 Å². The minimum absolute atomic E-state index is 0.679. The van der Waals surface area contributed by atoms with Crippen LogP contribution in [0, 0.1) is 0 Å². The molecule has 22 heavy (non-hydrogen) atoms. The first-order chi connectivity index (χ1) is 10.0. The zero-order valence-electron chi connectivity index (χ0n) is 15.4. The van der Waals surface area contributed by atoms with Crippen molar-refractivity contribution in [3.8, 4) is 0 Å². The van der Waals surface area contributed by atoms with Crippen LogP contribution in [0.4, 0.5) is 0 Å². The average molecular weight is 464 g/mol. The van der Waals surface area contributed by atoms with Gasteiger partial charge in [0, 0.05) is 0 Å². The molecule has 0 N–H and O–H groups in total. The van der Waals surface area contributed by atoms with E-state index in [0.29, 0.717) is 22.2 Å². The van der Waals surface area contributed by atoms with E-state index in [9.17, 15) is 0 Å². The van der Waals surface area contributed by atoms with E-state index in [0.717, 1.165) is 0 Å². The van der Waals surface area contributed by atoms with E-state index in [4.69, 9.17) is 0 Å². The van der Waals surface area contributed by atoms with E-state index < -0.39 is 13.4 Å². The van der Waals surface area contributed by atoms with Gasteiger partial charge in [0.15, 0.2) is 13.4 Å². The Hall–Kier alpha value is 0.614. The van der Waals surface area contributed by atoms with Gasteiger partial charge in [0.2, 0.25) is 0 Å². The molecule has 1 aromatic rings. The normalized spacial score (nSPS) is 13.7. The average Bonchev–Trinajstić information content (AvgIpc) is 2.44. The topological polar surface area (TPSA) is 0 Å². The molecule has 0 aliphatic carbocycles. The zero-order valence-corrected chi connectivity index (χ0v) is 20.5. The van der Waals surface area contributed by atoms with Crippen LogP contribution in [-0.4, -0.2) is 13.4 Å². The lowest BCUT2D eigenvalue weighted by atomic mass is 10.4. The molecule has 0 aliphatic heterocycles. The molecule has 0 saturated heterocycles. The van der Waals surface area contributed by atoms with E-state index in [1.807, 2.05) is 0 Å². The molecule has 0 radical (unpaired) electrons. The summed E-state index contributed by atoms with van der Waals surface area (Å²) in [5.41, 5.74) is 2.72. The molecule has 0 saturated carbocycles. The van der Waals surface area contributed by atoms with E-state index >= 15 is 0 Å². The Balaban J connectivity index is 3.67. The van der Waals surface area contributed by atoms with Gasteiger partial charge in [-0.2, -0.15) is 0 Å². The highest BCUT2D eigenvalue weighted by Gasteiger charge is 2.47. The molecule has 0 atom stereocenters. The lowest BCUT2D eigenvalue weighted by Gasteiger charge is -2.41. The fourth-order valence-electron chi connectivity index (χ4n) is 3.73. The molecule has 4 heteroatoms. The largest absolute Gasteiger partial charge is 0.165 e. The molecular formula is C18H32Br2Si2. The van der Waals surface area contributed by atoms with Gasteiger partial charge in [-0.1, -0.05) is 79.7 Å². The second-order valence-corrected chi connectivity index (χ2v) is 24.3. The quantitative estimate of drug-likeness (QED) is 0.337. The molecule has 0 unspecified atom stereocenters. The fraction of sp³-hybridized carbons (Fsp3) is 0.667. The van der Waals surface area contributed by atoms with Gasteiger partial charge in [-0.05, 0) is 32.5 Å². The maximum Gasteiger partial charge on any atom is 0.165 e. The van der Waals surface area contributed by atoms with Crippen molar-refractivity contribution in [2.24, 2.45) is 0 Å². The highest BCUT2D eigenvalue weighted by Crippen LogP contribution is 2.41. The first-order valence-corrected chi connectivity index (χ1v) is 17.3. The Labute approximate surface area is 155 Å². The Morgan fingerprint density at radius 2 is 0.818 bits per heavy atom. The first kappa shape index (κ1) is 20.7. The Morgan fingerprint density at radius 1 is 0.591 bits per heavy atom. The van der Waals surface area contributed by atoms with Crippen molar-refractivity contribution in [3.63, 3.8) is 0 Å². The van der Waals surface area contributed by atoms with Crippen molar-refractivity contribution in [2.45, 2.75) is 77.6 Å². The molecule has 0 aromatic heterocycles. The SMILES string of the molecule is CC(C)[Si](Br)(c1ccccc1[Si](Br)(C(C)C)C(C)C)C(C)C. The predicted molar refractivity (Wildman–Crippen MR) is 115 cm³/mol. The number of halogens is 2. The van der Waals surface area contributed by atoms with E-state index in [1.165, 1.54) is 0 Å². The molecule has 0 nitrogen and oxygen atoms in total. The lowest BCUT2D eigenvalue weighted by Crippen LogP contribution is -2.62. The highest BCUT2D eigenvalue weighted by atomic mass is 79.9. The summed E-state index contributed by atoms with van der Waals surface area (Å²) in [6.07, 6.45) is 0. The lowest BCUT2D eigenvalue weighted by molar-refractivity contribution is 0.938. The number of benzene rings is 1. The molecule has 126 valence electrons. The minimum atomic E-state index is -1.71. The predicted octanol–water partition coefficient (Wildman–Crippen LogP) is 6.42. The summed E-state index contributed by atoms with van der Waals surface area (Å²) in [6, 6.07) is 9.28. The van der Waals surface area contributed by atoms with Gasteiger partial charge in [-0.25, -0.2) is 0 Å². The molecule has 0 bridgehead atoms. The number of hydrogen-bond acceptors (Lipinski definition) is 0. The van der Waals surface area contributed by atoms with Gasteiger partial charge in [-0.15, -0.1) is 30.6 Å². The van der Waals surface area contributed by atoms with Crippen molar-refractivity contribution in [2.75, 3.05) is 0 Å².